The Morgan fingerprint density at radius 2 is 1.77 bits per heavy atom. The van der Waals surface area contributed by atoms with Gasteiger partial charge in [-0.05, 0) is 55.7 Å². The molecule has 0 spiro atoms. The van der Waals surface area contributed by atoms with Crippen molar-refractivity contribution in [2.24, 2.45) is 0 Å². The van der Waals surface area contributed by atoms with E-state index in [0.717, 1.165) is 5.56 Å². The van der Waals surface area contributed by atoms with Crippen LogP contribution in [0.5, 0.6) is 5.75 Å². The fourth-order valence-corrected chi connectivity index (χ4v) is 3.55. The number of hydrogen-bond donors (Lipinski definition) is 3. The van der Waals surface area contributed by atoms with Crippen molar-refractivity contribution in [3.63, 3.8) is 0 Å². The molecule has 1 amide bonds. The number of halogens is 1. The molecule has 162 valence electrons. The topological polar surface area (TPSA) is 117 Å². The molecular weight excluding hydrogens is 422 g/mol. The molecule has 1 atom stereocenters. The summed E-state index contributed by atoms with van der Waals surface area (Å²) in [4.78, 5) is 36.4. The van der Waals surface area contributed by atoms with E-state index in [1.807, 2.05) is 0 Å². The SMILES string of the molecule is Cc1c(CCC(=O)N[C@H](Cc2ccc(Cl)cc2)C(=O)O)c(=O)oc2c(C)c(O)ccc12. The van der Waals surface area contributed by atoms with E-state index in [2.05, 4.69) is 5.32 Å². The van der Waals surface area contributed by atoms with Gasteiger partial charge in [-0.1, -0.05) is 23.7 Å². The van der Waals surface area contributed by atoms with Crippen LogP contribution in [0.1, 0.15) is 28.7 Å². The lowest BCUT2D eigenvalue weighted by Crippen LogP contribution is -2.42. The Balaban J connectivity index is 1.72. The number of amides is 1. The van der Waals surface area contributed by atoms with Gasteiger partial charge in [0.05, 0.1) is 0 Å². The summed E-state index contributed by atoms with van der Waals surface area (Å²) in [5, 5.41) is 23.0. The fraction of sp³-hybridized carbons (Fsp3) is 0.261. The minimum Gasteiger partial charge on any atom is -0.508 e. The van der Waals surface area contributed by atoms with Crippen molar-refractivity contribution in [2.75, 3.05) is 0 Å². The second-order valence-corrected chi connectivity index (χ2v) is 7.80. The van der Waals surface area contributed by atoms with E-state index in [1.54, 1.807) is 44.2 Å². The van der Waals surface area contributed by atoms with Gasteiger partial charge in [0.1, 0.15) is 17.4 Å². The highest BCUT2D eigenvalue weighted by Gasteiger charge is 2.21. The molecule has 0 saturated carbocycles. The van der Waals surface area contributed by atoms with Crippen molar-refractivity contribution in [3.05, 3.63) is 74.1 Å². The molecule has 3 aromatic rings. The number of phenolic OH excluding ortho intramolecular Hbond substituents is 1. The summed E-state index contributed by atoms with van der Waals surface area (Å²) in [6, 6.07) is 8.79. The summed E-state index contributed by atoms with van der Waals surface area (Å²) >= 11 is 5.84. The lowest BCUT2D eigenvalue weighted by Gasteiger charge is -2.15. The van der Waals surface area contributed by atoms with Crippen molar-refractivity contribution in [2.45, 2.75) is 39.2 Å². The van der Waals surface area contributed by atoms with Gasteiger partial charge in [-0.2, -0.15) is 0 Å². The number of carbonyl (C=O) groups is 2. The second-order valence-electron chi connectivity index (χ2n) is 7.37. The van der Waals surface area contributed by atoms with Gasteiger partial charge in [-0.3, -0.25) is 4.79 Å². The molecule has 7 nitrogen and oxygen atoms in total. The van der Waals surface area contributed by atoms with Gasteiger partial charge < -0.3 is 19.9 Å². The quantitative estimate of drug-likeness (QED) is 0.481. The van der Waals surface area contributed by atoms with Crippen LogP contribution in [0.3, 0.4) is 0 Å². The largest absolute Gasteiger partial charge is 0.508 e. The maximum atomic E-state index is 12.4. The van der Waals surface area contributed by atoms with Crippen LogP contribution in [0, 0.1) is 13.8 Å². The number of nitrogens with one attached hydrogen (secondary N) is 1. The Bertz CT molecular complexity index is 1200. The molecule has 2 aromatic carbocycles. The Labute approximate surface area is 183 Å². The molecule has 0 aliphatic rings. The first-order valence-electron chi connectivity index (χ1n) is 9.69. The van der Waals surface area contributed by atoms with Crippen molar-refractivity contribution in [1.82, 2.24) is 5.32 Å². The third-order valence-corrected chi connectivity index (χ3v) is 5.52. The first-order valence-corrected chi connectivity index (χ1v) is 10.1. The molecule has 1 heterocycles. The molecule has 0 aliphatic carbocycles. The minimum absolute atomic E-state index is 0.0302. The van der Waals surface area contributed by atoms with E-state index in [4.69, 9.17) is 16.0 Å². The van der Waals surface area contributed by atoms with Crippen molar-refractivity contribution >= 4 is 34.4 Å². The Morgan fingerprint density at radius 3 is 2.42 bits per heavy atom. The van der Waals surface area contributed by atoms with Crippen molar-refractivity contribution in [3.8, 4) is 5.75 Å². The number of carbonyl (C=O) groups excluding carboxylic acids is 1. The fourth-order valence-electron chi connectivity index (χ4n) is 3.43. The standard InChI is InChI=1S/C23H22ClNO6/c1-12-16-7-9-19(26)13(2)21(16)31-23(30)17(12)8-10-20(27)25-18(22(28)29)11-14-3-5-15(24)6-4-14/h3-7,9,18,26H,8,10-11H2,1-2H3,(H,25,27)(H,28,29)/t18-/m1/s1. The first kappa shape index (κ1) is 22.4. The van der Waals surface area contributed by atoms with Gasteiger partial charge in [-0.25, -0.2) is 9.59 Å². The van der Waals surface area contributed by atoms with Crippen LogP contribution in [0.15, 0.2) is 45.6 Å². The van der Waals surface area contributed by atoms with Crippen LogP contribution in [0.25, 0.3) is 11.0 Å². The minimum atomic E-state index is -1.15. The van der Waals surface area contributed by atoms with Crippen LogP contribution in [-0.2, 0) is 22.4 Å². The highest BCUT2D eigenvalue weighted by molar-refractivity contribution is 6.30. The molecule has 31 heavy (non-hydrogen) atoms. The van der Waals surface area contributed by atoms with Gasteiger partial charge in [0.2, 0.25) is 5.91 Å². The number of fused-ring (bicyclic) bond motifs is 1. The van der Waals surface area contributed by atoms with Gasteiger partial charge in [0.15, 0.2) is 0 Å². The van der Waals surface area contributed by atoms with Crippen LogP contribution < -0.4 is 10.9 Å². The molecule has 0 unspecified atom stereocenters. The molecule has 3 rings (SSSR count). The van der Waals surface area contributed by atoms with E-state index < -0.39 is 23.5 Å². The molecule has 8 heteroatoms. The van der Waals surface area contributed by atoms with Gasteiger partial charge in [0, 0.05) is 34.4 Å². The third-order valence-electron chi connectivity index (χ3n) is 5.26. The van der Waals surface area contributed by atoms with Crippen LogP contribution >= 0.6 is 11.6 Å². The number of phenols is 1. The molecule has 0 saturated heterocycles. The van der Waals surface area contributed by atoms with Crippen molar-refractivity contribution < 1.29 is 24.2 Å². The van der Waals surface area contributed by atoms with E-state index in [9.17, 15) is 24.6 Å². The van der Waals surface area contributed by atoms with Crippen LogP contribution in [-0.4, -0.2) is 28.1 Å². The summed E-state index contributed by atoms with van der Waals surface area (Å²) in [6.07, 6.45) is 0.139. The van der Waals surface area contributed by atoms with Crippen molar-refractivity contribution in [1.29, 1.82) is 0 Å². The number of aromatic hydroxyl groups is 1. The number of aryl methyl sites for hydroxylation is 2. The van der Waals surface area contributed by atoms with Crippen LogP contribution in [0.2, 0.25) is 5.02 Å². The molecule has 3 N–H and O–H groups in total. The maximum Gasteiger partial charge on any atom is 0.339 e. The first-order chi connectivity index (χ1) is 14.7. The van der Waals surface area contributed by atoms with E-state index in [1.165, 1.54) is 6.07 Å². The summed E-state index contributed by atoms with van der Waals surface area (Å²) in [5.74, 6) is -1.61. The summed E-state index contributed by atoms with van der Waals surface area (Å²) in [7, 11) is 0. The van der Waals surface area contributed by atoms with E-state index in [-0.39, 0.29) is 25.0 Å². The lowest BCUT2D eigenvalue weighted by atomic mass is 10.00. The molecule has 0 radical (unpaired) electrons. The monoisotopic (exact) mass is 443 g/mol. The molecule has 0 bridgehead atoms. The number of carboxylic acids is 1. The van der Waals surface area contributed by atoms with Gasteiger partial charge >= 0.3 is 11.6 Å². The molecule has 0 fully saturated rings. The lowest BCUT2D eigenvalue weighted by molar-refractivity contribution is -0.141. The smallest absolute Gasteiger partial charge is 0.339 e. The number of benzene rings is 2. The van der Waals surface area contributed by atoms with E-state index >= 15 is 0 Å². The molecule has 1 aromatic heterocycles. The zero-order valence-corrected chi connectivity index (χ0v) is 17.8. The number of rotatable bonds is 7. The summed E-state index contributed by atoms with van der Waals surface area (Å²) < 4.78 is 5.37. The highest BCUT2D eigenvalue weighted by atomic mass is 35.5. The number of hydrogen-bond acceptors (Lipinski definition) is 5. The number of aliphatic carboxylic acids is 1. The predicted octanol–water partition coefficient (Wildman–Crippen LogP) is 3.51. The predicted molar refractivity (Wildman–Crippen MR) is 117 cm³/mol. The van der Waals surface area contributed by atoms with Gasteiger partial charge in [0.25, 0.3) is 0 Å². The van der Waals surface area contributed by atoms with E-state index in [0.29, 0.717) is 32.7 Å². The maximum absolute atomic E-state index is 12.4. The molecular formula is C23H22ClNO6. The average molecular weight is 444 g/mol. The average Bonchev–Trinajstić information content (AvgIpc) is 2.72. The second kappa shape index (κ2) is 9.22. The molecule has 0 aliphatic heterocycles. The number of carboxylic acid groups (broad SMARTS) is 1. The van der Waals surface area contributed by atoms with Crippen LogP contribution in [0.4, 0.5) is 0 Å². The Morgan fingerprint density at radius 1 is 1.10 bits per heavy atom. The van der Waals surface area contributed by atoms with Gasteiger partial charge in [-0.15, -0.1) is 0 Å². The third kappa shape index (κ3) is 5.06. The zero-order chi connectivity index (χ0) is 22.7. The Hall–Kier alpha value is -3.32. The summed E-state index contributed by atoms with van der Waals surface area (Å²) in [6.45, 7) is 3.41. The zero-order valence-electron chi connectivity index (χ0n) is 17.1. The Kier molecular flexibility index (Phi) is 6.65. The normalized spacial score (nSPS) is 12.0. The summed E-state index contributed by atoms with van der Waals surface area (Å²) in [5.41, 5.74) is 1.93. The highest BCUT2D eigenvalue weighted by Crippen LogP contribution is 2.28.